The van der Waals surface area contributed by atoms with Crippen LogP contribution in [0.5, 0.6) is 0 Å². The molecule has 1 unspecified atom stereocenters. The van der Waals surface area contributed by atoms with Crippen molar-refractivity contribution in [1.29, 1.82) is 0 Å². The Bertz CT molecular complexity index is 702. The number of amides is 1. The van der Waals surface area contributed by atoms with E-state index in [0.717, 1.165) is 30.8 Å². The number of carbonyl (C=O) groups is 1. The molecule has 1 aliphatic rings. The predicted molar refractivity (Wildman–Crippen MR) is 96.4 cm³/mol. The molecule has 1 aromatic heterocycles. The smallest absolute Gasteiger partial charge is 0.274 e. The molecule has 1 amide bonds. The van der Waals surface area contributed by atoms with E-state index in [0.29, 0.717) is 17.7 Å². The summed E-state index contributed by atoms with van der Waals surface area (Å²) in [6.07, 6.45) is 4.64. The van der Waals surface area contributed by atoms with Crippen molar-refractivity contribution < 1.29 is 4.79 Å². The summed E-state index contributed by atoms with van der Waals surface area (Å²) in [4.78, 5) is 23.9. The maximum absolute atomic E-state index is 12.5. The topological polar surface area (TPSA) is 58.1 Å². The molecule has 2 aromatic rings. The molecule has 5 nitrogen and oxygen atoms in total. The molecule has 1 fully saturated rings. The van der Waals surface area contributed by atoms with E-state index in [-0.39, 0.29) is 5.91 Å². The summed E-state index contributed by atoms with van der Waals surface area (Å²) < 4.78 is 0. The average Bonchev–Trinajstić information content (AvgIpc) is 2.62. The van der Waals surface area contributed by atoms with Gasteiger partial charge in [0.2, 0.25) is 5.95 Å². The third-order valence-corrected chi connectivity index (χ3v) is 4.46. The van der Waals surface area contributed by atoms with Crippen molar-refractivity contribution in [2.24, 2.45) is 0 Å². The van der Waals surface area contributed by atoms with Crippen molar-refractivity contribution in [2.45, 2.75) is 45.6 Å². The molecule has 0 bridgehead atoms. The number of rotatable bonds is 4. The number of hydrogen-bond acceptors (Lipinski definition) is 4. The maximum atomic E-state index is 12.5. The Morgan fingerprint density at radius 2 is 2.04 bits per heavy atom. The molecule has 2 heterocycles. The molecular weight excluding hydrogens is 300 g/mol. The number of aromatic nitrogens is 2. The molecule has 0 aliphatic carbocycles. The van der Waals surface area contributed by atoms with Gasteiger partial charge in [0, 0.05) is 24.0 Å². The second-order valence-electron chi connectivity index (χ2n) is 6.27. The summed E-state index contributed by atoms with van der Waals surface area (Å²) in [6.45, 7) is 5.07. The highest BCUT2D eigenvalue weighted by molar-refractivity contribution is 6.03. The fourth-order valence-corrected chi connectivity index (χ4v) is 3.20. The minimum absolute atomic E-state index is 0.196. The lowest BCUT2D eigenvalue weighted by Gasteiger charge is -2.35. The maximum Gasteiger partial charge on any atom is 0.274 e. The number of carbonyl (C=O) groups excluding carboxylic acids is 1. The van der Waals surface area contributed by atoms with Crippen LogP contribution in [0.1, 0.15) is 48.8 Å². The third-order valence-electron chi connectivity index (χ3n) is 4.46. The highest BCUT2D eigenvalue weighted by atomic mass is 16.1. The number of hydrogen-bond donors (Lipinski definition) is 1. The van der Waals surface area contributed by atoms with Gasteiger partial charge in [0.15, 0.2) is 0 Å². The highest BCUT2D eigenvalue weighted by Crippen LogP contribution is 2.24. The van der Waals surface area contributed by atoms with Gasteiger partial charge in [0.25, 0.3) is 5.91 Å². The molecule has 0 radical (unpaired) electrons. The van der Waals surface area contributed by atoms with Crippen LogP contribution >= 0.6 is 0 Å². The summed E-state index contributed by atoms with van der Waals surface area (Å²) in [5.41, 5.74) is 2.00. The van der Waals surface area contributed by atoms with E-state index < -0.39 is 0 Å². The molecule has 126 valence electrons. The zero-order valence-corrected chi connectivity index (χ0v) is 14.3. The molecule has 5 heteroatoms. The number of nitrogens with one attached hydrogen (secondary N) is 1. The highest BCUT2D eigenvalue weighted by Gasteiger charge is 2.24. The molecule has 3 rings (SSSR count). The van der Waals surface area contributed by atoms with Crippen LogP contribution in [-0.2, 0) is 0 Å². The molecule has 1 atom stereocenters. The minimum atomic E-state index is -0.196. The van der Waals surface area contributed by atoms with E-state index in [2.05, 4.69) is 27.1 Å². The lowest BCUT2D eigenvalue weighted by molar-refractivity contribution is 0.102. The van der Waals surface area contributed by atoms with E-state index in [9.17, 15) is 4.79 Å². The van der Waals surface area contributed by atoms with Gasteiger partial charge < -0.3 is 10.2 Å². The fourth-order valence-electron chi connectivity index (χ4n) is 3.20. The van der Waals surface area contributed by atoms with Crippen molar-refractivity contribution in [1.82, 2.24) is 9.97 Å². The van der Waals surface area contributed by atoms with Crippen LogP contribution in [0, 0.1) is 6.92 Å². The Hall–Kier alpha value is -2.43. The second-order valence-corrected chi connectivity index (χ2v) is 6.27. The van der Waals surface area contributed by atoms with E-state index in [1.807, 2.05) is 37.3 Å². The van der Waals surface area contributed by atoms with Gasteiger partial charge in [-0.1, -0.05) is 25.1 Å². The number of benzene rings is 1. The molecule has 1 N–H and O–H groups in total. The largest absolute Gasteiger partial charge is 0.338 e. The number of piperidine rings is 1. The SMILES string of the molecule is CCC1CCCCN1c1nc(C)cc(C(=O)Nc2ccccc2)n1. The van der Waals surface area contributed by atoms with Crippen molar-refractivity contribution in [3.63, 3.8) is 0 Å². The molecule has 1 aliphatic heterocycles. The Kier molecular flexibility index (Phi) is 5.08. The van der Waals surface area contributed by atoms with E-state index in [1.165, 1.54) is 12.8 Å². The summed E-state index contributed by atoms with van der Waals surface area (Å²) in [5, 5.41) is 2.89. The first kappa shape index (κ1) is 16.4. The van der Waals surface area contributed by atoms with Gasteiger partial charge in [0.05, 0.1) is 0 Å². The van der Waals surface area contributed by atoms with Gasteiger partial charge in [-0.2, -0.15) is 0 Å². The van der Waals surface area contributed by atoms with Crippen LogP contribution in [-0.4, -0.2) is 28.5 Å². The lowest BCUT2D eigenvalue weighted by atomic mass is 10.0. The summed E-state index contributed by atoms with van der Waals surface area (Å²) in [5.74, 6) is 0.484. The van der Waals surface area contributed by atoms with Crippen LogP contribution in [0.25, 0.3) is 0 Å². The first-order valence-electron chi connectivity index (χ1n) is 8.66. The molecule has 1 saturated heterocycles. The molecule has 0 saturated carbocycles. The van der Waals surface area contributed by atoms with Gasteiger partial charge in [-0.3, -0.25) is 4.79 Å². The van der Waals surface area contributed by atoms with Crippen molar-refractivity contribution in [3.05, 3.63) is 47.8 Å². The Morgan fingerprint density at radius 1 is 1.25 bits per heavy atom. The Balaban J connectivity index is 1.84. The summed E-state index contributed by atoms with van der Waals surface area (Å²) >= 11 is 0. The van der Waals surface area contributed by atoms with Gasteiger partial charge in [-0.25, -0.2) is 9.97 Å². The fraction of sp³-hybridized carbons (Fsp3) is 0.421. The van der Waals surface area contributed by atoms with E-state index >= 15 is 0 Å². The van der Waals surface area contributed by atoms with E-state index in [1.54, 1.807) is 6.07 Å². The van der Waals surface area contributed by atoms with Crippen molar-refractivity contribution in [3.8, 4) is 0 Å². The normalized spacial score (nSPS) is 17.6. The van der Waals surface area contributed by atoms with E-state index in [4.69, 9.17) is 0 Å². The molecule has 0 spiro atoms. The van der Waals surface area contributed by atoms with Crippen LogP contribution < -0.4 is 10.2 Å². The quantitative estimate of drug-likeness (QED) is 0.929. The minimum Gasteiger partial charge on any atom is -0.338 e. The zero-order valence-electron chi connectivity index (χ0n) is 14.3. The summed E-state index contributed by atoms with van der Waals surface area (Å²) in [6, 6.07) is 11.6. The second kappa shape index (κ2) is 7.43. The predicted octanol–water partition coefficient (Wildman–Crippen LogP) is 3.81. The van der Waals surface area contributed by atoms with Gasteiger partial charge >= 0.3 is 0 Å². The standard InChI is InChI=1S/C19H24N4O/c1-3-16-11-7-8-12-23(16)19-20-14(2)13-17(22-19)18(24)21-15-9-5-4-6-10-15/h4-6,9-10,13,16H,3,7-8,11-12H2,1-2H3,(H,21,24). The summed E-state index contributed by atoms with van der Waals surface area (Å²) in [7, 11) is 0. The third kappa shape index (κ3) is 3.72. The van der Waals surface area contributed by atoms with Gasteiger partial charge in [-0.15, -0.1) is 0 Å². The average molecular weight is 324 g/mol. The van der Waals surface area contributed by atoms with Crippen molar-refractivity contribution >= 4 is 17.5 Å². The van der Waals surface area contributed by atoms with Crippen LogP contribution in [0.15, 0.2) is 36.4 Å². The number of para-hydroxylation sites is 1. The van der Waals surface area contributed by atoms with Crippen LogP contribution in [0.3, 0.4) is 0 Å². The molecule has 1 aromatic carbocycles. The zero-order chi connectivity index (χ0) is 16.9. The number of nitrogens with zero attached hydrogens (tertiary/aromatic N) is 3. The molecule has 24 heavy (non-hydrogen) atoms. The van der Waals surface area contributed by atoms with Gasteiger partial charge in [0.1, 0.15) is 5.69 Å². The van der Waals surface area contributed by atoms with Crippen LogP contribution in [0.2, 0.25) is 0 Å². The Morgan fingerprint density at radius 3 is 2.79 bits per heavy atom. The van der Waals surface area contributed by atoms with Crippen LogP contribution in [0.4, 0.5) is 11.6 Å². The number of anilines is 2. The molecular formula is C19H24N4O. The van der Waals surface area contributed by atoms with Crippen molar-refractivity contribution in [2.75, 3.05) is 16.8 Å². The first-order chi connectivity index (χ1) is 11.7. The van der Waals surface area contributed by atoms with Gasteiger partial charge in [-0.05, 0) is 50.8 Å². The Labute approximate surface area is 143 Å². The first-order valence-corrected chi connectivity index (χ1v) is 8.66. The lowest BCUT2D eigenvalue weighted by Crippen LogP contribution is -2.40. The number of aryl methyl sites for hydroxylation is 1. The monoisotopic (exact) mass is 324 g/mol.